The second kappa shape index (κ2) is 4.52. The van der Waals surface area contributed by atoms with E-state index in [1.54, 1.807) is 6.07 Å². The topological polar surface area (TPSA) is 43.1 Å². The highest BCUT2D eigenvalue weighted by atomic mass is 19.1. The van der Waals surface area contributed by atoms with E-state index in [9.17, 15) is 18.0 Å². The number of rotatable bonds is 2. The molecule has 18 heavy (non-hydrogen) atoms. The first-order valence-corrected chi connectivity index (χ1v) is 5.04. The Morgan fingerprint density at radius 2 is 1.56 bits per heavy atom. The standard InChI is InChI=1S/C13H8F3NO/c14-7-5-9(15)12(10(16)6-7)13(18)8-3-1-2-4-11(8)17/h1-6H,17H2. The third kappa shape index (κ3) is 2.07. The van der Waals surface area contributed by atoms with Crippen LogP contribution in [0.3, 0.4) is 0 Å². The van der Waals surface area contributed by atoms with Crippen molar-refractivity contribution in [3.8, 4) is 0 Å². The van der Waals surface area contributed by atoms with Crippen LogP contribution < -0.4 is 5.73 Å². The zero-order valence-corrected chi connectivity index (χ0v) is 9.08. The molecule has 0 fully saturated rings. The van der Waals surface area contributed by atoms with Gasteiger partial charge in [0.25, 0.3) is 0 Å². The van der Waals surface area contributed by atoms with Crippen LogP contribution in [-0.2, 0) is 0 Å². The smallest absolute Gasteiger partial charge is 0.201 e. The lowest BCUT2D eigenvalue weighted by atomic mass is 10.0. The summed E-state index contributed by atoms with van der Waals surface area (Å²) >= 11 is 0. The second-order valence-corrected chi connectivity index (χ2v) is 3.66. The molecule has 2 nitrogen and oxygen atoms in total. The van der Waals surface area contributed by atoms with Crippen molar-refractivity contribution in [3.05, 3.63) is 65.0 Å². The quantitative estimate of drug-likeness (QED) is 0.658. The van der Waals surface area contributed by atoms with Gasteiger partial charge in [0.2, 0.25) is 5.78 Å². The molecule has 0 amide bonds. The van der Waals surface area contributed by atoms with Crippen LogP contribution in [0.4, 0.5) is 18.9 Å². The van der Waals surface area contributed by atoms with E-state index in [1.807, 2.05) is 0 Å². The van der Waals surface area contributed by atoms with Gasteiger partial charge in [-0.25, -0.2) is 13.2 Å². The van der Waals surface area contributed by atoms with Gasteiger partial charge in [-0.1, -0.05) is 12.1 Å². The van der Waals surface area contributed by atoms with Gasteiger partial charge in [0.15, 0.2) is 0 Å². The van der Waals surface area contributed by atoms with Crippen molar-refractivity contribution >= 4 is 11.5 Å². The van der Waals surface area contributed by atoms with E-state index in [0.29, 0.717) is 12.1 Å². The molecule has 0 heterocycles. The van der Waals surface area contributed by atoms with E-state index in [2.05, 4.69) is 0 Å². The number of benzene rings is 2. The molecule has 5 heteroatoms. The van der Waals surface area contributed by atoms with Gasteiger partial charge in [0.05, 0.1) is 5.56 Å². The van der Waals surface area contributed by atoms with Crippen LogP contribution in [0.15, 0.2) is 36.4 Å². The maximum Gasteiger partial charge on any atom is 0.201 e. The Kier molecular flexibility index (Phi) is 3.06. The Morgan fingerprint density at radius 1 is 1.00 bits per heavy atom. The maximum absolute atomic E-state index is 13.4. The molecule has 0 aliphatic rings. The normalized spacial score (nSPS) is 10.4. The molecule has 0 saturated carbocycles. The summed E-state index contributed by atoms with van der Waals surface area (Å²) in [6.07, 6.45) is 0. The monoisotopic (exact) mass is 251 g/mol. The van der Waals surface area contributed by atoms with Crippen LogP contribution in [0.1, 0.15) is 15.9 Å². The Morgan fingerprint density at radius 3 is 2.11 bits per heavy atom. The van der Waals surface area contributed by atoms with Crippen LogP contribution in [-0.4, -0.2) is 5.78 Å². The van der Waals surface area contributed by atoms with Crippen LogP contribution >= 0.6 is 0 Å². The highest BCUT2D eigenvalue weighted by Crippen LogP contribution is 2.21. The molecule has 0 unspecified atom stereocenters. The number of nitrogen functional groups attached to an aromatic ring is 1. The van der Waals surface area contributed by atoms with E-state index in [0.717, 1.165) is 0 Å². The summed E-state index contributed by atoms with van der Waals surface area (Å²) in [5.41, 5.74) is 4.81. The summed E-state index contributed by atoms with van der Waals surface area (Å²) in [5.74, 6) is -4.49. The van der Waals surface area contributed by atoms with Gasteiger partial charge < -0.3 is 5.73 Å². The van der Waals surface area contributed by atoms with Gasteiger partial charge in [-0.05, 0) is 12.1 Å². The summed E-state index contributed by atoms with van der Waals surface area (Å²) < 4.78 is 39.6. The average Bonchev–Trinajstić information content (AvgIpc) is 2.27. The maximum atomic E-state index is 13.4. The van der Waals surface area contributed by atoms with Crippen molar-refractivity contribution in [1.29, 1.82) is 0 Å². The predicted molar refractivity (Wildman–Crippen MR) is 60.6 cm³/mol. The van der Waals surface area contributed by atoms with Gasteiger partial charge >= 0.3 is 0 Å². The van der Waals surface area contributed by atoms with E-state index >= 15 is 0 Å². The number of anilines is 1. The fourth-order valence-electron chi connectivity index (χ4n) is 1.60. The average molecular weight is 251 g/mol. The molecule has 0 radical (unpaired) electrons. The summed E-state index contributed by atoms with van der Waals surface area (Å²) in [5, 5.41) is 0. The minimum atomic E-state index is -1.25. The largest absolute Gasteiger partial charge is 0.398 e. The molecular formula is C13H8F3NO. The molecule has 0 aliphatic carbocycles. The SMILES string of the molecule is Nc1ccccc1C(=O)c1c(F)cc(F)cc1F. The molecule has 0 aliphatic heterocycles. The lowest BCUT2D eigenvalue weighted by molar-refractivity contribution is 0.103. The number of carbonyl (C=O) groups excluding carboxylic acids is 1. The number of hydrogen-bond donors (Lipinski definition) is 1. The molecule has 2 aromatic carbocycles. The molecule has 0 spiro atoms. The van der Waals surface area contributed by atoms with Gasteiger partial charge in [0, 0.05) is 23.4 Å². The van der Waals surface area contributed by atoms with Gasteiger partial charge in [-0.3, -0.25) is 4.79 Å². The summed E-state index contributed by atoms with van der Waals surface area (Å²) in [4.78, 5) is 11.9. The number of hydrogen-bond acceptors (Lipinski definition) is 2. The number of ketones is 1. The Balaban J connectivity index is 2.57. The summed E-state index contributed by atoms with van der Waals surface area (Å²) in [6.45, 7) is 0. The third-order valence-corrected chi connectivity index (χ3v) is 2.44. The first-order chi connectivity index (χ1) is 8.50. The zero-order valence-electron chi connectivity index (χ0n) is 9.08. The van der Waals surface area contributed by atoms with Crippen molar-refractivity contribution in [3.63, 3.8) is 0 Å². The Labute approximate surface area is 101 Å². The van der Waals surface area contributed by atoms with Crippen LogP contribution in [0, 0.1) is 17.5 Å². The van der Waals surface area contributed by atoms with Crippen molar-refractivity contribution in [1.82, 2.24) is 0 Å². The van der Waals surface area contributed by atoms with Crippen LogP contribution in [0.25, 0.3) is 0 Å². The van der Waals surface area contributed by atoms with E-state index in [-0.39, 0.29) is 11.3 Å². The highest BCUT2D eigenvalue weighted by Gasteiger charge is 2.21. The molecule has 2 rings (SSSR count). The molecule has 2 N–H and O–H groups in total. The number of para-hydroxylation sites is 1. The van der Waals surface area contributed by atoms with E-state index in [1.165, 1.54) is 18.2 Å². The van der Waals surface area contributed by atoms with Crippen molar-refractivity contribution in [2.75, 3.05) is 5.73 Å². The Hall–Kier alpha value is -2.30. The fraction of sp³-hybridized carbons (Fsp3) is 0. The molecule has 2 aromatic rings. The van der Waals surface area contributed by atoms with Crippen molar-refractivity contribution < 1.29 is 18.0 Å². The predicted octanol–water partition coefficient (Wildman–Crippen LogP) is 2.92. The van der Waals surface area contributed by atoms with Gasteiger partial charge in [0.1, 0.15) is 17.5 Å². The lowest BCUT2D eigenvalue weighted by Crippen LogP contribution is -2.10. The molecule has 0 aromatic heterocycles. The summed E-state index contributed by atoms with van der Waals surface area (Å²) in [6, 6.07) is 6.80. The van der Waals surface area contributed by atoms with Crippen molar-refractivity contribution in [2.45, 2.75) is 0 Å². The molecule has 0 atom stereocenters. The number of carbonyl (C=O) groups is 1. The highest BCUT2D eigenvalue weighted by molar-refractivity contribution is 6.12. The third-order valence-electron chi connectivity index (χ3n) is 2.44. The number of halogens is 3. The van der Waals surface area contributed by atoms with Crippen molar-refractivity contribution in [2.24, 2.45) is 0 Å². The Bertz CT molecular complexity index is 602. The van der Waals surface area contributed by atoms with E-state index in [4.69, 9.17) is 5.73 Å². The van der Waals surface area contributed by atoms with E-state index < -0.39 is 28.8 Å². The number of nitrogens with two attached hydrogens (primary N) is 1. The van der Waals surface area contributed by atoms with Crippen LogP contribution in [0.2, 0.25) is 0 Å². The first kappa shape index (κ1) is 12.2. The lowest BCUT2D eigenvalue weighted by Gasteiger charge is -2.06. The molecule has 0 saturated heterocycles. The molecule has 0 bridgehead atoms. The van der Waals surface area contributed by atoms with Crippen LogP contribution in [0.5, 0.6) is 0 Å². The fourth-order valence-corrected chi connectivity index (χ4v) is 1.60. The minimum absolute atomic E-state index is 0.0260. The van der Waals surface area contributed by atoms with Gasteiger partial charge in [-0.2, -0.15) is 0 Å². The molecular weight excluding hydrogens is 243 g/mol. The second-order valence-electron chi connectivity index (χ2n) is 3.66. The minimum Gasteiger partial charge on any atom is -0.398 e. The van der Waals surface area contributed by atoms with Gasteiger partial charge in [-0.15, -0.1) is 0 Å². The zero-order chi connectivity index (χ0) is 13.3. The summed E-state index contributed by atoms with van der Waals surface area (Å²) in [7, 11) is 0. The first-order valence-electron chi connectivity index (χ1n) is 5.04. The molecule has 92 valence electrons.